The van der Waals surface area contributed by atoms with Crippen molar-refractivity contribution in [2.45, 2.75) is 76.7 Å². The van der Waals surface area contributed by atoms with Crippen molar-refractivity contribution in [1.82, 2.24) is 0 Å². The Morgan fingerprint density at radius 1 is 1.13 bits per heavy atom. The lowest BCUT2D eigenvalue weighted by Crippen LogP contribution is -2.44. The predicted octanol–water partition coefficient (Wildman–Crippen LogP) is 3.86. The normalized spacial score (nSPS) is 38.8. The minimum atomic E-state index is 0.259. The van der Waals surface area contributed by atoms with E-state index in [0.717, 1.165) is 11.8 Å². The Morgan fingerprint density at radius 3 is 2.53 bits per heavy atom. The molecule has 3 unspecified atom stereocenters. The van der Waals surface area contributed by atoms with Gasteiger partial charge in [-0.05, 0) is 37.5 Å². The molecule has 15 heavy (non-hydrogen) atoms. The fourth-order valence-corrected chi connectivity index (χ4v) is 3.85. The van der Waals surface area contributed by atoms with Gasteiger partial charge in [-0.1, -0.05) is 45.4 Å². The fraction of sp³-hybridized carbons (Fsp3) is 1.00. The van der Waals surface area contributed by atoms with Gasteiger partial charge in [-0.25, -0.2) is 0 Å². The van der Waals surface area contributed by atoms with Crippen LogP contribution in [0.3, 0.4) is 0 Å². The smallest absolute Gasteiger partial charge is 0.0185 e. The summed E-state index contributed by atoms with van der Waals surface area (Å²) in [4.78, 5) is 0. The highest BCUT2D eigenvalue weighted by Crippen LogP contribution is 2.51. The van der Waals surface area contributed by atoms with Crippen molar-refractivity contribution in [1.29, 1.82) is 0 Å². The maximum Gasteiger partial charge on any atom is 0.0185 e. The molecular weight excluding hydrogens is 182 g/mol. The molecule has 2 fully saturated rings. The van der Waals surface area contributed by atoms with Gasteiger partial charge in [0.25, 0.3) is 0 Å². The molecule has 3 atom stereocenters. The molecule has 0 amide bonds. The Kier molecular flexibility index (Phi) is 3.71. The van der Waals surface area contributed by atoms with Crippen molar-refractivity contribution in [2.24, 2.45) is 17.6 Å². The molecule has 2 saturated carbocycles. The van der Waals surface area contributed by atoms with Crippen LogP contribution in [0, 0.1) is 11.8 Å². The van der Waals surface area contributed by atoms with Crippen molar-refractivity contribution in [3.63, 3.8) is 0 Å². The second-order valence-electron chi connectivity index (χ2n) is 5.98. The van der Waals surface area contributed by atoms with Crippen LogP contribution in [-0.4, -0.2) is 5.54 Å². The minimum absolute atomic E-state index is 0.259. The molecule has 0 aromatic carbocycles. The molecule has 1 nitrogen and oxygen atoms in total. The van der Waals surface area contributed by atoms with Crippen LogP contribution in [0.15, 0.2) is 0 Å². The topological polar surface area (TPSA) is 26.0 Å². The zero-order valence-corrected chi connectivity index (χ0v) is 10.3. The molecule has 0 heterocycles. The summed E-state index contributed by atoms with van der Waals surface area (Å²) in [6.07, 6.45) is 13.9. The van der Waals surface area contributed by atoms with E-state index in [1.807, 2.05) is 0 Å². The zero-order chi connectivity index (χ0) is 10.7. The van der Waals surface area contributed by atoms with E-state index >= 15 is 0 Å². The first-order valence-corrected chi connectivity index (χ1v) is 7.03. The van der Waals surface area contributed by atoms with Crippen LogP contribution in [0.5, 0.6) is 0 Å². The second kappa shape index (κ2) is 4.86. The van der Waals surface area contributed by atoms with E-state index < -0.39 is 0 Å². The summed E-state index contributed by atoms with van der Waals surface area (Å²) < 4.78 is 0. The number of rotatable bonds is 6. The Bertz CT molecular complexity index is 202. The van der Waals surface area contributed by atoms with Gasteiger partial charge in [0.05, 0.1) is 0 Å². The second-order valence-corrected chi connectivity index (χ2v) is 5.98. The summed E-state index contributed by atoms with van der Waals surface area (Å²) in [5.74, 6) is 1.88. The molecule has 2 rings (SSSR count). The summed E-state index contributed by atoms with van der Waals surface area (Å²) in [7, 11) is 0. The highest BCUT2D eigenvalue weighted by molar-refractivity contribution is 5.03. The van der Waals surface area contributed by atoms with Crippen molar-refractivity contribution in [3.05, 3.63) is 0 Å². The Labute approximate surface area is 94.8 Å². The molecule has 0 spiro atoms. The van der Waals surface area contributed by atoms with E-state index in [2.05, 4.69) is 6.92 Å². The SMILES string of the molecule is CCCCCCCC1(N)CC2CCC1C2. The molecule has 0 saturated heterocycles. The quantitative estimate of drug-likeness (QED) is 0.660. The van der Waals surface area contributed by atoms with Crippen molar-refractivity contribution in [2.75, 3.05) is 0 Å². The van der Waals surface area contributed by atoms with Gasteiger partial charge in [0, 0.05) is 5.54 Å². The summed E-state index contributed by atoms with van der Waals surface area (Å²) in [6, 6.07) is 0. The van der Waals surface area contributed by atoms with Gasteiger partial charge < -0.3 is 5.73 Å². The minimum Gasteiger partial charge on any atom is -0.325 e. The van der Waals surface area contributed by atoms with Crippen LogP contribution in [0.25, 0.3) is 0 Å². The lowest BCUT2D eigenvalue weighted by molar-refractivity contribution is 0.246. The fourth-order valence-electron chi connectivity index (χ4n) is 3.85. The van der Waals surface area contributed by atoms with Gasteiger partial charge in [-0.2, -0.15) is 0 Å². The van der Waals surface area contributed by atoms with E-state index in [9.17, 15) is 0 Å². The third-order valence-electron chi connectivity index (χ3n) is 4.77. The molecule has 0 aromatic heterocycles. The number of hydrogen-bond acceptors (Lipinski definition) is 1. The molecule has 2 aliphatic carbocycles. The average Bonchev–Trinajstić information content (AvgIpc) is 2.77. The average molecular weight is 209 g/mol. The molecular formula is C14H27N. The molecule has 2 bridgehead atoms. The summed E-state index contributed by atoms with van der Waals surface area (Å²) in [6.45, 7) is 2.28. The van der Waals surface area contributed by atoms with Crippen molar-refractivity contribution in [3.8, 4) is 0 Å². The van der Waals surface area contributed by atoms with E-state index in [4.69, 9.17) is 5.73 Å². The maximum atomic E-state index is 6.56. The first-order valence-electron chi connectivity index (χ1n) is 7.03. The van der Waals surface area contributed by atoms with Gasteiger partial charge in [-0.15, -0.1) is 0 Å². The third-order valence-corrected chi connectivity index (χ3v) is 4.77. The lowest BCUT2D eigenvalue weighted by Gasteiger charge is -2.34. The van der Waals surface area contributed by atoms with Gasteiger partial charge in [-0.3, -0.25) is 0 Å². The highest BCUT2D eigenvalue weighted by atomic mass is 14.8. The van der Waals surface area contributed by atoms with Gasteiger partial charge in [0.15, 0.2) is 0 Å². The maximum absolute atomic E-state index is 6.56. The Morgan fingerprint density at radius 2 is 1.93 bits per heavy atom. The Balaban J connectivity index is 1.66. The van der Waals surface area contributed by atoms with Crippen molar-refractivity contribution >= 4 is 0 Å². The largest absolute Gasteiger partial charge is 0.325 e. The van der Waals surface area contributed by atoms with E-state index in [1.54, 1.807) is 0 Å². The first-order chi connectivity index (χ1) is 7.24. The summed E-state index contributed by atoms with van der Waals surface area (Å²) in [5, 5.41) is 0. The van der Waals surface area contributed by atoms with Crippen LogP contribution < -0.4 is 5.73 Å². The third kappa shape index (κ3) is 2.55. The standard InChI is InChI=1S/C14H27N/c1-2-3-4-5-6-9-14(15)11-12-7-8-13(14)10-12/h12-13H,2-11,15H2,1H3. The number of nitrogens with two attached hydrogens (primary N) is 1. The lowest BCUT2D eigenvalue weighted by atomic mass is 9.78. The molecule has 2 aliphatic rings. The van der Waals surface area contributed by atoms with Gasteiger partial charge >= 0.3 is 0 Å². The van der Waals surface area contributed by atoms with Crippen LogP contribution in [0.2, 0.25) is 0 Å². The molecule has 2 N–H and O–H groups in total. The summed E-state index contributed by atoms with van der Waals surface area (Å²) in [5.41, 5.74) is 6.82. The molecule has 88 valence electrons. The first kappa shape index (κ1) is 11.4. The number of unbranched alkanes of at least 4 members (excludes halogenated alkanes) is 4. The van der Waals surface area contributed by atoms with Crippen LogP contribution >= 0.6 is 0 Å². The van der Waals surface area contributed by atoms with E-state index in [-0.39, 0.29) is 5.54 Å². The van der Waals surface area contributed by atoms with E-state index in [0.29, 0.717) is 0 Å². The molecule has 0 aromatic rings. The highest BCUT2D eigenvalue weighted by Gasteiger charge is 2.47. The number of fused-ring (bicyclic) bond motifs is 2. The summed E-state index contributed by atoms with van der Waals surface area (Å²) >= 11 is 0. The number of hydrogen-bond donors (Lipinski definition) is 1. The molecule has 0 radical (unpaired) electrons. The van der Waals surface area contributed by atoms with Gasteiger partial charge in [0.2, 0.25) is 0 Å². The Hall–Kier alpha value is -0.0400. The predicted molar refractivity (Wildman–Crippen MR) is 65.7 cm³/mol. The van der Waals surface area contributed by atoms with Crippen LogP contribution in [-0.2, 0) is 0 Å². The molecule has 1 heteroatoms. The van der Waals surface area contributed by atoms with Crippen LogP contribution in [0.4, 0.5) is 0 Å². The van der Waals surface area contributed by atoms with Crippen molar-refractivity contribution < 1.29 is 0 Å². The zero-order valence-electron chi connectivity index (χ0n) is 10.3. The molecule has 0 aliphatic heterocycles. The van der Waals surface area contributed by atoms with Gasteiger partial charge in [0.1, 0.15) is 0 Å². The van der Waals surface area contributed by atoms with E-state index in [1.165, 1.54) is 64.2 Å². The monoisotopic (exact) mass is 209 g/mol. The van der Waals surface area contributed by atoms with Crippen LogP contribution in [0.1, 0.15) is 71.1 Å².